The molecule has 2 aromatic carbocycles. The van der Waals surface area contributed by atoms with Gasteiger partial charge < -0.3 is 30.0 Å². The molecule has 6 rings (SSSR count). The second-order valence-electron chi connectivity index (χ2n) is 11.3. The smallest absolute Gasteiger partial charge is 0.406 e. The molecule has 3 heterocycles. The van der Waals surface area contributed by atoms with Gasteiger partial charge in [-0.15, -0.1) is 11.8 Å². The summed E-state index contributed by atoms with van der Waals surface area (Å²) in [4.78, 5) is 1.08. The lowest BCUT2D eigenvalue weighted by Crippen LogP contribution is -2.64. The quantitative estimate of drug-likeness (QED) is 0.206. The van der Waals surface area contributed by atoms with Crippen LogP contribution in [0.25, 0.3) is 10.9 Å². The maximum absolute atomic E-state index is 13.4. The fourth-order valence-electron chi connectivity index (χ4n) is 5.62. The average Bonchev–Trinajstić information content (AvgIpc) is 3.27. The topological polar surface area (TPSA) is 59.5 Å². The highest BCUT2D eigenvalue weighted by Crippen LogP contribution is 2.33. The first kappa shape index (κ1) is 30.5. The fraction of sp³-hybridized carbons (Fsp3) is 0.500. The summed E-state index contributed by atoms with van der Waals surface area (Å²) >= 11 is 1.62. The number of ether oxygens (including phenoxy) is 2. The number of aromatic nitrogens is 1. The summed E-state index contributed by atoms with van der Waals surface area (Å²) in [6, 6.07) is 13.4. The van der Waals surface area contributed by atoms with Crippen LogP contribution in [0.15, 0.2) is 47.4 Å². The molecule has 0 amide bonds. The number of halogens is 3. The number of nitrogens with zero attached hydrogens (tertiary/aromatic N) is 1. The average molecular weight is 601 g/mol. The number of benzene rings is 2. The molecule has 3 N–H and O–H groups in total. The number of hydrogen-bond donors (Lipinski definition) is 3. The number of rotatable bonds is 7. The lowest BCUT2D eigenvalue weighted by atomic mass is 9.80. The number of alkyl halides is 3. The summed E-state index contributed by atoms with van der Waals surface area (Å²) in [6.07, 6.45) is 3.41. The van der Waals surface area contributed by atoms with Gasteiger partial charge in [0.15, 0.2) is 0 Å². The van der Waals surface area contributed by atoms with Crippen molar-refractivity contribution < 1.29 is 22.6 Å². The van der Waals surface area contributed by atoms with Gasteiger partial charge >= 0.3 is 6.18 Å². The first-order chi connectivity index (χ1) is 20.3. The minimum atomic E-state index is -4.35. The molecule has 0 bridgehead atoms. The summed E-state index contributed by atoms with van der Waals surface area (Å²) in [6.45, 7) is 3.57. The zero-order valence-corrected chi connectivity index (χ0v) is 25.0. The molecule has 1 spiro atoms. The summed E-state index contributed by atoms with van der Waals surface area (Å²) < 4.78 is 52.1. The van der Waals surface area contributed by atoms with Crippen molar-refractivity contribution in [3.8, 4) is 17.6 Å². The highest BCUT2D eigenvalue weighted by atomic mass is 32.2. The van der Waals surface area contributed by atoms with Gasteiger partial charge in [-0.25, -0.2) is 0 Å². The van der Waals surface area contributed by atoms with Crippen LogP contribution in [0.4, 0.5) is 24.5 Å². The normalized spacial score (nSPS) is 17.7. The first-order valence-electron chi connectivity index (χ1n) is 14.5. The molecule has 0 radical (unpaired) electrons. The molecule has 42 heavy (non-hydrogen) atoms. The van der Waals surface area contributed by atoms with Crippen LogP contribution >= 0.6 is 11.8 Å². The Balaban J connectivity index is 0.000000434. The highest BCUT2D eigenvalue weighted by molar-refractivity contribution is 7.98. The Labute approximate surface area is 250 Å². The van der Waals surface area contributed by atoms with Gasteiger partial charge in [-0.3, -0.25) is 0 Å². The Morgan fingerprint density at radius 2 is 1.88 bits per heavy atom. The van der Waals surface area contributed by atoms with Crippen molar-refractivity contribution >= 4 is 34.0 Å². The molecule has 0 atom stereocenters. The zero-order chi connectivity index (χ0) is 29.6. The van der Waals surface area contributed by atoms with E-state index in [4.69, 9.17) is 9.47 Å². The Hall–Kier alpha value is -3.00. The molecule has 1 aliphatic carbocycles. The van der Waals surface area contributed by atoms with Gasteiger partial charge in [0, 0.05) is 40.5 Å². The van der Waals surface area contributed by atoms with Crippen LogP contribution in [0.3, 0.4) is 0 Å². The third-order valence-corrected chi connectivity index (χ3v) is 8.78. The van der Waals surface area contributed by atoms with Crippen LogP contribution in [0.1, 0.15) is 37.8 Å². The lowest BCUT2D eigenvalue weighted by molar-refractivity contribution is -0.140. The van der Waals surface area contributed by atoms with Crippen LogP contribution in [0, 0.1) is 17.3 Å². The summed E-state index contributed by atoms with van der Waals surface area (Å²) in [5.74, 6) is 6.65. The number of thioether (sulfide) groups is 1. The van der Waals surface area contributed by atoms with Crippen molar-refractivity contribution in [2.75, 3.05) is 56.8 Å². The van der Waals surface area contributed by atoms with Crippen molar-refractivity contribution in [3.05, 3.63) is 48.2 Å². The van der Waals surface area contributed by atoms with Crippen LogP contribution in [-0.2, 0) is 11.3 Å². The van der Waals surface area contributed by atoms with E-state index in [1.165, 1.54) is 36.9 Å². The summed E-state index contributed by atoms with van der Waals surface area (Å²) in [7, 11) is 1.60. The Kier molecular flexibility index (Phi) is 9.81. The van der Waals surface area contributed by atoms with E-state index in [1.807, 2.05) is 36.6 Å². The zero-order valence-electron chi connectivity index (χ0n) is 24.2. The van der Waals surface area contributed by atoms with E-state index in [0.717, 1.165) is 47.7 Å². The fourth-order valence-corrected chi connectivity index (χ4v) is 6.05. The molecule has 1 aromatic heterocycles. The Morgan fingerprint density at radius 1 is 1.10 bits per heavy atom. The van der Waals surface area contributed by atoms with E-state index in [1.54, 1.807) is 31.0 Å². The van der Waals surface area contributed by atoms with Crippen molar-refractivity contribution in [2.24, 2.45) is 5.41 Å². The molecule has 0 unspecified atom stereocenters. The van der Waals surface area contributed by atoms with Gasteiger partial charge in [-0.1, -0.05) is 31.2 Å². The number of anilines is 2. The molecule has 10 heteroatoms. The minimum absolute atomic E-state index is 0.274. The third-order valence-electron chi connectivity index (χ3n) is 8.06. The second kappa shape index (κ2) is 13.5. The number of nitrogens with one attached hydrogen (secondary N) is 3. The van der Waals surface area contributed by atoms with E-state index >= 15 is 0 Å². The Bertz CT molecular complexity index is 1400. The van der Waals surface area contributed by atoms with E-state index in [2.05, 4.69) is 27.8 Å². The van der Waals surface area contributed by atoms with Crippen molar-refractivity contribution in [1.82, 2.24) is 9.88 Å². The minimum Gasteiger partial charge on any atom is -0.495 e. The van der Waals surface area contributed by atoms with Gasteiger partial charge in [0.1, 0.15) is 12.3 Å². The van der Waals surface area contributed by atoms with Crippen molar-refractivity contribution in [1.29, 1.82) is 0 Å². The van der Waals surface area contributed by atoms with Crippen LogP contribution in [0.5, 0.6) is 5.75 Å². The standard InChI is InChI=1S/C27H30F3N3OS.C5H9NO/c1-34-26-17-21(35-2)13-14-24(26)31-15-7-10-20-16-22-23(32-19-8-4-3-5-9-19)11-6-12-25(22)33(20)18-27(28,29)30;1-5(2-6-1)3-7-4-5/h6,11-14,16-17,19,31-32H,3-5,8-9,15,18H2,1-2H3;6H,1-4H2. The number of hydrogen-bond acceptors (Lipinski definition) is 6. The molecule has 1 saturated carbocycles. The predicted octanol–water partition coefficient (Wildman–Crippen LogP) is 6.75. The molecule has 226 valence electrons. The van der Waals surface area contributed by atoms with Gasteiger partial charge in [0.05, 0.1) is 43.8 Å². The predicted molar refractivity (Wildman–Crippen MR) is 165 cm³/mol. The van der Waals surface area contributed by atoms with E-state index < -0.39 is 12.7 Å². The number of fused-ring (bicyclic) bond motifs is 1. The van der Waals surface area contributed by atoms with Crippen LogP contribution < -0.4 is 20.7 Å². The molecular formula is C32H39F3N4O2S. The van der Waals surface area contributed by atoms with Crippen molar-refractivity contribution in [3.63, 3.8) is 0 Å². The molecule has 2 saturated heterocycles. The number of methoxy groups -OCH3 is 1. The van der Waals surface area contributed by atoms with Crippen LogP contribution in [0.2, 0.25) is 0 Å². The van der Waals surface area contributed by atoms with Crippen LogP contribution in [-0.4, -0.2) is 63.0 Å². The SMILES string of the molecule is C1NCC12COC2.COc1cc(SC)ccc1NCC#Cc1cc2c(NC3CCCCC3)cccc2n1CC(F)(F)F. The lowest BCUT2D eigenvalue weighted by Gasteiger charge is -2.48. The maximum atomic E-state index is 13.4. The summed E-state index contributed by atoms with van der Waals surface area (Å²) in [5, 5.41) is 10.8. The van der Waals surface area contributed by atoms with E-state index in [-0.39, 0.29) is 6.54 Å². The van der Waals surface area contributed by atoms with E-state index in [0.29, 0.717) is 28.4 Å². The highest BCUT2D eigenvalue weighted by Gasteiger charge is 2.43. The molecule has 6 nitrogen and oxygen atoms in total. The third kappa shape index (κ3) is 7.49. The molecule has 3 fully saturated rings. The van der Waals surface area contributed by atoms with Gasteiger partial charge in [-0.2, -0.15) is 13.2 Å². The van der Waals surface area contributed by atoms with Gasteiger partial charge in [0.2, 0.25) is 0 Å². The van der Waals surface area contributed by atoms with Gasteiger partial charge in [-0.05, 0) is 61.4 Å². The maximum Gasteiger partial charge on any atom is 0.406 e. The largest absolute Gasteiger partial charge is 0.495 e. The monoisotopic (exact) mass is 600 g/mol. The molecular weight excluding hydrogens is 561 g/mol. The summed E-state index contributed by atoms with van der Waals surface area (Å²) in [5.41, 5.74) is 3.15. The van der Waals surface area contributed by atoms with Gasteiger partial charge in [0.25, 0.3) is 0 Å². The molecule has 3 aliphatic rings. The molecule has 3 aromatic rings. The Morgan fingerprint density at radius 3 is 2.48 bits per heavy atom. The molecule has 2 aliphatic heterocycles. The van der Waals surface area contributed by atoms with Crippen molar-refractivity contribution in [2.45, 2.75) is 55.8 Å². The van der Waals surface area contributed by atoms with E-state index in [9.17, 15) is 13.2 Å². The second-order valence-corrected chi connectivity index (χ2v) is 12.1. The first-order valence-corrected chi connectivity index (χ1v) is 15.7.